The van der Waals surface area contributed by atoms with Gasteiger partial charge < -0.3 is 0 Å². The van der Waals surface area contributed by atoms with E-state index in [4.69, 9.17) is 6.42 Å². The van der Waals surface area contributed by atoms with Gasteiger partial charge in [-0.1, -0.05) is 36.3 Å². The average molecular weight is 453 g/mol. The Balaban J connectivity index is 2.40. The topological polar surface area (TPSA) is 49.7 Å². The molecule has 4 nitrogen and oxygen atoms in total. The number of hydrazone groups is 1. The Morgan fingerprint density at radius 3 is 2.37 bits per heavy atom. The van der Waals surface area contributed by atoms with E-state index in [9.17, 15) is 21.6 Å². The second kappa shape index (κ2) is 8.00. The lowest BCUT2D eigenvalue weighted by atomic mass is 9.70. The van der Waals surface area contributed by atoms with Gasteiger partial charge in [-0.15, -0.1) is 18.2 Å². The minimum atomic E-state index is -4.74. The van der Waals surface area contributed by atoms with Crippen molar-refractivity contribution in [2.24, 2.45) is 5.10 Å². The zero-order valence-electron chi connectivity index (χ0n) is 16.2. The summed E-state index contributed by atoms with van der Waals surface area (Å²) in [5, 5.41) is 4.78. The summed E-state index contributed by atoms with van der Waals surface area (Å²) in [7, 11) is -3.82. The highest BCUT2D eigenvalue weighted by molar-refractivity contribution is 7.98. The summed E-state index contributed by atoms with van der Waals surface area (Å²) in [5.41, 5.74) is -1.59. The monoisotopic (exact) mass is 452 g/mol. The first-order valence-electron chi connectivity index (χ1n) is 8.81. The highest BCUT2D eigenvalue weighted by Gasteiger charge is 2.61. The number of hydrogen-bond donors (Lipinski definition) is 0. The maximum absolute atomic E-state index is 14.4. The van der Waals surface area contributed by atoms with E-state index < -0.39 is 27.5 Å². The maximum atomic E-state index is 14.4. The van der Waals surface area contributed by atoms with Crippen LogP contribution in [0.15, 0.2) is 63.4 Å². The molecule has 0 bridgehead atoms. The first-order valence-corrected chi connectivity index (χ1v) is 11.9. The van der Waals surface area contributed by atoms with Crippen molar-refractivity contribution in [2.75, 3.05) is 19.1 Å². The van der Waals surface area contributed by atoms with Crippen molar-refractivity contribution in [1.82, 2.24) is 5.01 Å². The Labute approximate surface area is 178 Å². The van der Waals surface area contributed by atoms with Crippen LogP contribution in [0.2, 0.25) is 0 Å². The molecule has 2 unspecified atom stereocenters. The third-order valence-electron chi connectivity index (χ3n) is 5.00. The molecule has 30 heavy (non-hydrogen) atoms. The summed E-state index contributed by atoms with van der Waals surface area (Å²) in [6.45, 7) is -0.369. The molecule has 0 N–H and O–H groups in total. The molecule has 0 aromatic heterocycles. The summed E-state index contributed by atoms with van der Waals surface area (Å²) >= 11 is 1.45. The van der Waals surface area contributed by atoms with Gasteiger partial charge in [-0.25, -0.2) is 8.42 Å². The lowest BCUT2D eigenvalue weighted by Gasteiger charge is -2.39. The summed E-state index contributed by atoms with van der Waals surface area (Å²) in [6, 6.07) is 10.1. The Morgan fingerprint density at radius 1 is 1.20 bits per heavy atom. The Bertz CT molecular complexity index is 1110. The normalized spacial score (nSPS) is 21.6. The van der Waals surface area contributed by atoms with Crippen molar-refractivity contribution in [3.63, 3.8) is 0 Å². The molecule has 0 saturated carbocycles. The van der Waals surface area contributed by atoms with Crippen LogP contribution in [0.1, 0.15) is 11.1 Å². The van der Waals surface area contributed by atoms with Crippen molar-refractivity contribution in [3.05, 3.63) is 59.7 Å². The number of terminal acetylenes is 1. The van der Waals surface area contributed by atoms with Crippen LogP contribution in [0.4, 0.5) is 13.2 Å². The molecule has 0 fully saturated rings. The van der Waals surface area contributed by atoms with E-state index in [1.807, 2.05) is 6.26 Å². The Kier molecular flexibility index (Phi) is 5.94. The molecule has 158 valence electrons. The minimum absolute atomic E-state index is 0.00926. The lowest BCUT2D eigenvalue weighted by Crippen LogP contribution is -2.54. The molecular weight excluding hydrogens is 433 g/mol. The quantitative estimate of drug-likeness (QED) is 0.509. The SMILES string of the molecule is C#CCN1N=CC(c2ccc(SC)cc2)(c2ccccc2S(C)(=O)=O)C1C(F)(F)F. The van der Waals surface area contributed by atoms with Crippen LogP contribution in [0.5, 0.6) is 0 Å². The van der Waals surface area contributed by atoms with Crippen molar-refractivity contribution in [3.8, 4) is 12.3 Å². The van der Waals surface area contributed by atoms with Gasteiger partial charge in [0.1, 0.15) is 0 Å². The summed E-state index contributed by atoms with van der Waals surface area (Å²) in [6.07, 6.45) is 4.54. The lowest BCUT2D eigenvalue weighted by molar-refractivity contribution is -0.186. The van der Waals surface area contributed by atoms with E-state index >= 15 is 0 Å². The van der Waals surface area contributed by atoms with Crippen LogP contribution in [-0.4, -0.2) is 50.9 Å². The van der Waals surface area contributed by atoms with Gasteiger partial charge in [0.25, 0.3) is 0 Å². The van der Waals surface area contributed by atoms with Crippen LogP contribution in [-0.2, 0) is 15.3 Å². The predicted octanol–water partition coefficient (Wildman–Crippen LogP) is 3.96. The van der Waals surface area contributed by atoms with Crippen molar-refractivity contribution >= 4 is 27.8 Å². The van der Waals surface area contributed by atoms with Crippen molar-refractivity contribution < 1.29 is 21.6 Å². The highest BCUT2D eigenvalue weighted by Crippen LogP contribution is 2.48. The average Bonchev–Trinajstić information content (AvgIpc) is 3.08. The van der Waals surface area contributed by atoms with Crippen LogP contribution in [0, 0.1) is 12.3 Å². The molecule has 9 heteroatoms. The number of nitrogens with zero attached hydrogens (tertiary/aromatic N) is 2. The van der Waals surface area contributed by atoms with Gasteiger partial charge in [-0.05, 0) is 35.6 Å². The fourth-order valence-corrected chi connectivity index (χ4v) is 5.16. The van der Waals surface area contributed by atoms with Gasteiger partial charge in [-0.3, -0.25) is 5.01 Å². The highest BCUT2D eigenvalue weighted by atomic mass is 32.2. The van der Waals surface area contributed by atoms with Gasteiger partial charge in [0, 0.05) is 17.4 Å². The molecule has 1 aliphatic heterocycles. The molecule has 0 radical (unpaired) electrons. The molecule has 1 aliphatic rings. The number of hydrogen-bond acceptors (Lipinski definition) is 5. The molecule has 0 amide bonds. The zero-order chi connectivity index (χ0) is 22.2. The van der Waals surface area contributed by atoms with E-state index in [1.54, 1.807) is 24.3 Å². The standard InChI is InChI=1S/C21H19F3N2O2S2/c1-4-13-26-19(21(22,23)24)20(14-25-26,15-9-11-16(29-2)12-10-15)17-7-5-6-8-18(17)30(3,27)28/h1,5-12,14,19H,13H2,2-3H3. The zero-order valence-corrected chi connectivity index (χ0v) is 17.9. The van der Waals surface area contributed by atoms with Crippen LogP contribution < -0.4 is 0 Å². The van der Waals surface area contributed by atoms with E-state index in [0.717, 1.165) is 16.2 Å². The molecule has 1 heterocycles. The minimum Gasteiger partial charge on any atom is -0.271 e. The fraction of sp³-hybridized carbons (Fsp3) is 0.286. The maximum Gasteiger partial charge on any atom is 0.412 e. The van der Waals surface area contributed by atoms with Crippen LogP contribution in [0.3, 0.4) is 0 Å². The predicted molar refractivity (Wildman–Crippen MR) is 112 cm³/mol. The van der Waals surface area contributed by atoms with Gasteiger partial charge in [-0.2, -0.15) is 18.3 Å². The third-order valence-corrected chi connectivity index (χ3v) is 6.90. The fourth-order valence-electron chi connectivity index (χ4n) is 3.79. The molecule has 2 aromatic carbocycles. The smallest absolute Gasteiger partial charge is 0.271 e. The first kappa shape index (κ1) is 22.2. The van der Waals surface area contributed by atoms with Crippen LogP contribution in [0.25, 0.3) is 0 Å². The molecule has 0 saturated heterocycles. The summed E-state index contributed by atoms with van der Waals surface area (Å²) in [4.78, 5) is 0.687. The summed E-state index contributed by atoms with van der Waals surface area (Å²) < 4.78 is 68.2. The molecule has 0 spiro atoms. The second-order valence-corrected chi connectivity index (χ2v) is 9.72. The largest absolute Gasteiger partial charge is 0.412 e. The van der Waals surface area contributed by atoms with E-state index in [0.29, 0.717) is 0 Å². The van der Waals surface area contributed by atoms with Crippen LogP contribution >= 0.6 is 11.8 Å². The second-order valence-electron chi connectivity index (χ2n) is 6.86. The first-order chi connectivity index (χ1) is 14.1. The number of sulfone groups is 1. The van der Waals surface area contributed by atoms with E-state index in [-0.39, 0.29) is 22.6 Å². The van der Waals surface area contributed by atoms with Gasteiger partial charge in [0.15, 0.2) is 15.9 Å². The number of benzene rings is 2. The van der Waals surface area contributed by atoms with Gasteiger partial charge >= 0.3 is 6.18 Å². The summed E-state index contributed by atoms with van der Waals surface area (Å²) in [5.74, 6) is 2.21. The Morgan fingerprint density at radius 2 is 1.83 bits per heavy atom. The molecule has 2 aromatic rings. The van der Waals surface area contributed by atoms with E-state index in [1.165, 1.54) is 42.2 Å². The van der Waals surface area contributed by atoms with Crippen molar-refractivity contribution in [2.45, 2.75) is 27.4 Å². The number of thioether (sulfide) groups is 1. The Hall–Kier alpha value is -2.44. The molecule has 3 rings (SSSR count). The van der Waals surface area contributed by atoms with Crippen molar-refractivity contribution in [1.29, 1.82) is 0 Å². The third kappa shape index (κ3) is 3.82. The number of rotatable bonds is 5. The number of alkyl halides is 3. The number of halogens is 3. The van der Waals surface area contributed by atoms with Gasteiger partial charge in [0.2, 0.25) is 0 Å². The molecular formula is C21H19F3N2O2S2. The molecule has 0 aliphatic carbocycles. The van der Waals surface area contributed by atoms with E-state index in [2.05, 4.69) is 11.0 Å². The molecule has 2 atom stereocenters. The van der Waals surface area contributed by atoms with Gasteiger partial charge in [0.05, 0.1) is 16.9 Å².